The Morgan fingerprint density at radius 3 is 2.55 bits per heavy atom. The SMILES string of the molecule is CCCCc1c(Cc2ccc(Br)cc2)[nH]c2c(C)cccc12. The van der Waals surface area contributed by atoms with Crippen LogP contribution in [0.3, 0.4) is 0 Å². The van der Waals surface area contributed by atoms with Gasteiger partial charge < -0.3 is 4.98 Å². The monoisotopic (exact) mass is 355 g/mol. The predicted octanol–water partition coefficient (Wildman–Crippen LogP) is 6.17. The fourth-order valence-corrected chi connectivity index (χ4v) is 3.33. The smallest absolute Gasteiger partial charge is 0.0488 e. The van der Waals surface area contributed by atoms with E-state index in [-0.39, 0.29) is 0 Å². The van der Waals surface area contributed by atoms with Crippen LogP contribution in [0.15, 0.2) is 46.9 Å². The van der Waals surface area contributed by atoms with Gasteiger partial charge in [0, 0.05) is 27.5 Å². The highest BCUT2D eigenvalue weighted by Gasteiger charge is 2.12. The summed E-state index contributed by atoms with van der Waals surface area (Å²) in [5.74, 6) is 0. The molecular weight excluding hydrogens is 334 g/mol. The molecule has 0 amide bonds. The maximum Gasteiger partial charge on any atom is 0.0488 e. The molecule has 1 heterocycles. The second-order valence-electron chi connectivity index (χ2n) is 5.99. The molecule has 0 saturated heterocycles. The molecule has 0 unspecified atom stereocenters. The van der Waals surface area contributed by atoms with Crippen LogP contribution in [0.5, 0.6) is 0 Å². The van der Waals surface area contributed by atoms with Crippen LogP contribution in [0.1, 0.15) is 42.1 Å². The van der Waals surface area contributed by atoms with E-state index in [4.69, 9.17) is 0 Å². The Bertz CT molecular complexity index is 768. The molecule has 0 aliphatic rings. The summed E-state index contributed by atoms with van der Waals surface area (Å²) in [6.07, 6.45) is 4.61. The van der Waals surface area contributed by atoms with E-state index < -0.39 is 0 Å². The lowest BCUT2D eigenvalue weighted by molar-refractivity contribution is 0.791. The lowest BCUT2D eigenvalue weighted by Crippen LogP contribution is -1.94. The first-order valence-corrected chi connectivity index (χ1v) is 8.82. The second kappa shape index (κ2) is 6.70. The Morgan fingerprint density at radius 2 is 1.82 bits per heavy atom. The summed E-state index contributed by atoms with van der Waals surface area (Å²) in [6.45, 7) is 4.44. The number of rotatable bonds is 5. The van der Waals surface area contributed by atoms with E-state index in [1.165, 1.54) is 46.1 Å². The van der Waals surface area contributed by atoms with Crippen LogP contribution in [0.25, 0.3) is 10.9 Å². The third-order valence-electron chi connectivity index (χ3n) is 4.31. The third-order valence-corrected chi connectivity index (χ3v) is 4.84. The van der Waals surface area contributed by atoms with Crippen molar-refractivity contribution >= 4 is 26.8 Å². The van der Waals surface area contributed by atoms with Crippen LogP contribution in [0, 0.1) is 6.92 Å². The number of unbranched alkanes of at least 4 members (excludes halogenated alkanes) is 1. The Labute approximate surface area is 140 Å². The van der Waals surface area contributed by atoms with Crippen molar-refractivity contribution in [1.29, 1.82) is 0 Å². The highest BCUT2D eigenvalue weighted by Crippen LogP contribution is 2.28. The molecule has 0 atom stereocenters. The van der Waals surface area contributed by atoms with Crippen LogP contribution >= 0.6 is 15.9 Å². The van der Waals surface area contributed by atoms with Crippen molar-refractivity contribution in [2.24, 2.45) is 0 Å². The van der Waals surface area contributed by atoms with Crippen LogP contribution in [-0.2, 0) is 12.8 Å². The maximum atomic E-state index is 3.69. The van der Waals surface area contributed by atoms with Gasteiger partial charge in [-0.25, -0.2) is 0 Å². The minimum absolute atomic E-state index is 0.973. The fourth-order valence-electron chi connectivity index (χ4n) is 3.07. The number of nitrogens with one attached hydrogen (secondary N) is 1. The summed E-state index contributed by atoms with van der Waals surface area (Å²) in [7, 11) is 0. The summed E-state index contributed by atoms with van der Waals surface area (Å²) in [5.41, 5.74) is 6.87. The molecular formula is C20H22BrN. The molecule has 0 bridgehead atoms. The van der Waals surface area contributed by atoms with Crippen molar-refractivity contribution in [2.45, 2.75) is 39.5 Å². The van der Waals surface area contributed by atoms with E-state index in [1.807, 2.05) is 0 Å². The van der Waals surface area contributed by atoms with E-state index in [9.17, 15) is 0 Å². The van der Waals surface area contributed by atoms with Gasteiger partial charge in [0.1, 0.15) is 0 Å². The van der Waals surface area contributed by atoms with Crippen LogP contribution < -0.4 is 0 Å². The molecule has 0 fully saturated rings. The lowest BCUT2D eigenvalue weighted by atomic mass is 10.00. The first-order valence-electron chi connectivity index (χ1n) is 8.02. The molecule has 0 spiro atoms. The van der Waals surface area contributed by atoms with Gasteiger partial charge >= 0.3 is 0 Å². The number of hydrogen-bond donors (Lipinski definition) is 1. The molecule has 1 N–H and O–H groups in total. The highest BCUT2D eigenvalue weighted by atomic mass is 79.9. The van der Waals surface area contributed by atoms with Crippen molar-refractivity contribution in [2.75, 3.05) is 0 Å². The number of halogens is 1. The third kappa shape index (κ3) is 3.12. The average molecular weight is 356 g/mol. The molecule has 1 aromatic heterocycles. The second-order valence-corrected chi connectivity index (χ2v) is 6.90. The zero-order valence-electron chi connectivity index (χ0n) is 13.2. The first-order chi connectivity index (χ1) is 10.7. The van der Waals surface area contributed by atoms with E-state index in [0.717, 1.165) is 17.3 Å². The Morgan fingerprint density at radius 1 is 1.05 bits per heavy atom. The number of aromatic nitrogens is 1. The summed E-state index contributed by atoms with van der Waals surface area (Å²) >= 11 is 3.51. The number of aryl methyl sites for hydroxylation is 2. The summed E-state index contributed by atoms with van der Waals surface area (Å²) in [5, 5.41) is 1.40. The van der Waals surface area contributed by atoms with E-state index >= 15 is 0 Å². The first kappa shape index (κ1) is 15.4. The van der Waals surface area contributed by atoms with E-state index in [1.54, 1.807) is 0 Å². The molecule has 3 rings (SSSR count). The van der Waals surface area contributed by atoms with Crippen molar-refractivity contribution < 1.29 is 0 Å². The minimum Gasteiger partial charge on any atom is -0.358 e. The molecule has 1 nitrogen and oxygen atoms in total. The lowest BCUT2D eigenvalue weighted by Gasteiger charge is -2.05. The Balaban J connectivity index is 2.03. The summed E-state index contributed by atoms with van der Waals surface area (Å²) < 4.78 is 1.13. The van der Waals surface area contributed by atoms with Gasteiger partial charge in [0.15, 0.2) is 0 Å². The van der Waals surface area contributed by atoms with Gasteiger partial charge in [-0.2, -0.15) is 0 Å². The zero-order chi connectivity index (χ0) is 15.5. The van der Waals surface area contributed by atoms with Crippen LogP contribution in [-0.4, -0.2) is 4.98 Å². The molecule has 2 heteroatoms. The fraction of sp³-hybridized carbons (Fsp3) is 0.300. The van der Waals surface area contributed by atoms with Gasteiger partial charge in [0.05, 0.1) is 0 Å². The maximum absolute atomic E-state index is 3.69. The Hall–Kier alpha value is -1.54. The van der Waals surface area contributed by atoms with Gasteiger partial charge in [0.25, 0.3) is 0 Å². The molecule has 0 aliphatic heterocycles. The van der Waals surface area contributed by atoms with Crippen molar-refractivity contribution in [1.82, 2.24) is 4.98 Å². The Kier molecular flexibility index (Phi) is 4.68. The van der Waals surface area contributed by atoms with Crippen molar-refractivity contribution in [3.63, 3.8) is 0 Å². The minimum atomic E-state index is 0.973. The van der Waals surface area contributed by atoms with Gasteiger partial charge in [-0.3, -0.25) is 0 Å². The largest absolute Gasteiger partial charge is 0.358 e. The zero-order valence-corrected chi connectivity index (χ0v) is 14.8. The van der Waals surface area contributed by atoms with E-state index in [2.05, 4.69) is 77.2 Å². The number of benzene rings is 2. The van der Waals surface area contributed by atoms with Gasteiger partial charge in [-0.05, 0) is 48.6 Å². The average Bonchev–Trinajstić information content (AvgIpc) is 2.86. The molecule has 0 saturated carbocycles. The standard InChI is InChI=1S/C20H22BrN/c1-3-4-7-17-18-8-5-6-14(2)20(18)22-19(17)13-15-9-11-16(21)12-10-15/h5-6,8-12,22H,3-4,7,13H2,1-2H3. The molecule has 0 aliphatic carbocycles. The van der Waals surface area contributed by atoms with Gasteiger partial charge in [-0.15, -0.1) is 0 Å². The molecule has 22 heavy (non-hydrogen) atoms. The van der Waals surface area contributed by atoms with Crippen molar-refractivity contribution in [3.8, 4) is 0 Å². The summed E-state index contributed by atoms with van der Waals surface area (Å²) in [4.78, 5) is 3.69. The number of fused-ring (bicyclic) bond motifs is 1. The number of para-hydroxylation sites is 1. The quantitative estimate of drug-likeness (QED) is 0.562. The number of aromatic amines is 1. The van der Waals surface area contributed by atoms with Gasteiger partial charge in [-0.1, -0.05) is 59.6 Å². The van der Waals surface area contributed by atoms with Gasteiger partial charge in [0.2, 0.25) is 0 Å². The summed E-state index contributed by atoms with van der Waals surface area (Å²) in [6, 6.07) is 15.3. The topological polar surface area (TPSA) is 15.8 Å². The molecule has 2 aromatic carbocycles. The molecule has 3 aromatic rings. The number of H-pyrrole nitrogens is 1. The van der Waals surface area contributed by atoms with Crippen LogP contribution in [0.2, 0.25) is 0 Å². The van der Waals surface area contributed by atoms with Crippen molar-refractivity contribution in [3.05, 3.63) is 69.3 Å². The predicted molar refractivity (Wildman–Crippen MR) is 98.6 cm³/mol. The van der Waals surface area contributed by atoms with E-state index in [0.29, 0.717) is 0 Å². The number of hydrogen-bond acceptors (Lipinski definition) is 0. The molecule has 0 radical (unpaired) electrons. The normalized spacial score (nSPS) is 11.2. The van der Waals surface area contributed by atoms with Crippen LogP contribution in [0.4, 0.5) is 0 Å². The molecule has 114 valence electrons. The highest BCUT2D eigenvalue weighted by molar-refractivity contribution is 9.10.